The summed E-state index contributed by atoms with van der Waals surface area (Å²) in [4.78, 5) is 24.9. The first-order chi connectivity index (χ1) is 15.9. The number of amides is 1. The average Bonchev–Trinajstić information content (AvgIpc) is 2.85. The molecular formula is C28H33ClN2O2. The predicted molar refractivity (Wildman–Crippen MR) is 141 cm³/mol. The van der Waals surface area contributed by atoms with Gasteiger partial charge >= 0.3 is 0 Å². The maximum Gasteiger partial charge on any atom is 0.223 e. The Hall–Kier alpha value is -3.11. The van der Waals surface area contributed by atoms with Gasteiger partial charge in [-0.1, -0.05) is 55.8 Å². The number of halogens is 1. The molecule has 4 nitrogen and oxygen atoms in total. The average molecular weight is 465 g/mol. The highest BCUT2D eigenvalue weighted by Crippen LogP contribution is 2.31. The van der Waals surface area contributed by atoms with Crippen LogP contribution in [0.3, 0.4) is 0 Å². The molecule has 0 saturated carbocycles. The Morgan fingerprint density at radius 2 is 1.48 bits per heavy atom. The van der Waals surface area contributed by atoms with Crippen molar-refractivity contribution in [1.82, 2.24) is 0 Å². The van der Waals surface area contributed by atoms with E-state index >= 15 is 0 Å². The normalized spacial score (nSPS) is 11.8. The Morgan fingerprint density at radius 1 is 0.879 bits per heavy atom. The van der Waals surface area contributed by atoms with Crippen molar-refractivity contribution in [3.05, 3.63) is 82.9 Å². The quantitative estimate of drug-likeness (QED) is 0.415. The van der Waals surface area contributed by atoms with Crippen LogP contribution in [0.5, 0.6) is 0 Å². The van der Waals surface area contributed by atoms with E-state index < -0.39 is 0 Å². The fourth-order valence-corrected chi connectivity index (χ4v) is 3.74. The zero-order valence-electron chi connectivity index (χ0n) is 20.1. The van der Waals surface area contributed by atoms with E-state index in [1.54, 1.807) is 13.8 Å². The lowest BCUT2D eigenvalue weighted by Gasteiger charge is -2.29. The minimum atomic E-state index is 0.0779. The predicted octanol–water partition coefficient (Wildman–Crippen LogP) is 7.26. The topological polar surface area (TPSA) is 49.4 Å². The summed E-state index contributed by atoms with van der Waals surface area (Å²) in [5, 5.41) is 3.77. The van der Waals surface area contributed by atoms with E-state index in [1.165, 1.54) is 5.56 Å². The van der Waals surface area contributed by atoms with E-state index in [1.807, 2.05) is 86.5 Å². The molecule has 0 aromatic heterocycles. The lowest BCUT2D eigenvalue weighted by Crippen LogP contribution is -2.33. The Bertz CT molecular complexity index is 1060. The van der Waals surface area contributed by atoms with Gasteiger partial charge in [0, 0.05) is 42.5 Å². The Labute approximate surface area is 202 Å². The van der Waals surface area contributed by atoms with E-state index in [4.69, 9.17) is 11.6 Å². The van der Waals surface area contributed by atoms with E-state index in [0.29, 0.717) is 0 Å². The fraction of sp³-hybridized carbons (Fsp3) is 0.286. The minimum absolute atomic E-state index is 0.0779. The summed E-state index contributed by atoms with van der Waals surface area (Å²) >= 11 is 5.64. The molecule has 1 amide bonds. The lowest BCUT2D eigenvalue weighted by molar-refractivity contribution is -0.116. The van der Waals surface area contributed by atoms with Crippen LogP contribution in [0, 0.1) is 0 Å². The summed E-state index contributed by atoms with van der Waals surface area (Å²) in [6.45, 7) is 7.99. The third-order valence-corrected chi connectivity index (χ3v) is 5.59. The molecule has 0 bridgehead atoms. The molecule has 0 saturated heterocycles. The van der Waals surface area contributed by atoms with Crippen LogP contribution in [0.25, 0.3) is 11.1 Å². The zero-order chi connectivity index (χ0) is 24.4. The molecule has 0 aliphatic carbocycles. The third kappa shape index (κ3) is 7.19. The molecule has 4 rings (SSSR count). The summed E-state index contributed by atoms with van der Waals surface area (Å²) in [7, 11) is 1.88. The second-order valence-corrected chi connectivity index (χ2v) is 7.94. The number of nitrogens with one attached hydrogen (secondary N) is 1. The molecule has 0 atom stereocenters. The highest BCUT2D eigenvalue weighted by Gasteiger charge is 2.20. The number of nitrogens with zero attached hydrogens (tertiary/aromatic N) is 1. The van der Waals surface area contributed by atoms with Gasteiger partial charge in [-0.05, 0) is 72.9 Å². The number of ketones is 1. The third-order valence-electron chi connectivity index (χ3n) is 5.34. The molecule has 1 heterocycles. The molecule has 1 aliphatic heterocycles. The largest absolute Gasteiger partial charge is 0.388 e. The van der Waals surface area contributed by atoms with Gasteiger partial charge in [0.2, 0.25) is 5.91 Å². The summed E-state index contributed by atoms with van der Waals surface area (Å²) in [6, 6.07) is 21.5. The molecule has 1 N–H and O–H groups in total. The second-order valence-electron chi connectivity index (χ2n) is 7.51. The Balaban J connectivity index is 0.000000293. The first-order valence-corrected chi connectivity index (χ1v) is 11.7. The summed E-state index contributed by atoms with van der Waals surface area (Å²) in [5.41, 5.74) is 6.27. The van der Waals surface area contributed by atoms with Crippen LogP contribution in [0.1, 0.15) is 50.0 Å². The minimum Gasteiger partial charge on any atom is -0.388 e. The van der Waals surface area contributed by atoms with Gasteiger partial charge in [-0.2, -0.15) is 0 Å². The van der Waals surface area contributed by atoms with Crippen molar-refractivity contribution >= 4 is 34.7 Å². The molecule has 0 spiro atoms. The van der Waals surface area contributed by atoms with Gasteiger partial charge < -0.3 is 10.2 Å². The van der Waals surface area contributed by atoms with Gasteiger partial charge in [-0.15, -0.1) is 0 Å². The SMILES string of the molecule is CC.CC(=O)c1ccc(-c2ccc3c(c2)CCCN3C(C)=O)cc1.CNc1ccc(Cl)cc1. The van der Waals surface area contributed by atoms with Crippen LogP contribution in [0.2, 0.25) is 5.02 Å². The molecule has 1 aliphatic rings. The number of rotatable bonds is 3. The van der Waals surface area contributed by atoms with Crippen LogP contribution in [0.15, 0.2) is 66.7 Å². The van der Waals surface area contributed by atoms with Crippen molar-refractivity contribution in [3.63, 3.8) is 0 Å². The van der Waals surface area contributed by atoms with Crippen LogP contribution in [-0.2, 0) is 11.2 Å². The smallest absolute Gasteiger partial charge is 0.223 e. The fourth-order valence-electron chi connectivity index (χ4n) is 3.62. The van der Waals surface area contributed by atoms with Crippen LogP contribution >= 0.6 is 11.6 Å². The van der Waals surface area contributed by atoms with E-state index in [9.17, 15) is 9.59 Å². The molecule has 0 unspecified atom stereocenters. The van der Waals surface area contributed by atoms with Crippen molar-refractivity contribution in [2.45, 2.75) is 40.5 Å². The highest BCUT2D eigenvalue weighted by molar-refractivity contribution is 6.30. The molecule has 33 heavy (non-hydrogen) atoms. The number of anilines is 2. The summed E-state index contributed by atoms with van der Waals surface area (Å²) in [5.74, 6) is 0.175. The first-order valence-electron chi connectivity index (χ1n) is 11.3. The lowest BCUT2D eigenvalue weighted by atomic mass is 9.95. The van der Waals surface area contributed by atoms with E-state index in [2.05, 4.69) is 11.4 Å². The second kappa shape index (κ2) is 12.8. The number of carbonyl (C=O) groups is 2. The van der Waals surface area contributed by atoms with Gasteiger partial charge in [0.25, 0.3) is 0 Å². The number of carbonyl (C=O) groups excluding carboxylic acids is 2. The first kappa shape index (κ1) is 26.1. The molecule has 3 aromatic rings. The number of Topliss-reactive ketones (excluding diaryl/α,β-unsaturated/α-hetero) is 1. The Morgan fingerprint density at radius 3 is 2.03 bits per heavy atom. The Kier molecular flexibility index (Phi) is 10.1. The van der Waals surface area contributed by atoms with Crippen LogP contribution in [0.4, 0.5) is 11.4 Å². The highest BCUT2D eigenvalue weighted by atomic mass is 35.5. The number of hydrogen-bond acceptors (Lipinski definition) is 3. The maximum absolute atomic E-state index is 11.7. The molecule has 174 valence electrons. The van der Waals surface area contributed by atoms with Gasteiger partial charge in [0.15, 0.2) is 5.78 Å². The zero-order valence-corrected chi connectivity index (χ0v) is 20.9. The van der Waals surface area contributed by atoms with Crippen LogP contribution in [-0.4, -0.2) is 25.3 Å². The molecule has 0 radical (unpaired) electrons. The van der Waals surface area contributed by atoms with Gasteiger partial charge in [0.05, 0.1) is 0 Å². The van der Waals surface area contributed by atoms with Crippen molar-refractivity contribution in [3.8, 4) is 11.1 Å². The van der Waals surface area contributed by atoms with Crippen LogP contribution < -0.4 is 10.2 Å². The van der Waals surface area contributed by atoms with E-state index in [-0.39, 0.29) is 11.7 Å². The molecular weight excluding hydrogens is 432 g/mol. The maximum atomic E-state index is 11.7. The van der Waals surface area contributed by atoms with Crippen molar-refractivity contribution < 1.29 is 9.59 Å². The number of benzene rings is 3. The molecule has 5 heteroatoms. The van der Waals surface area contributed by atoms with Gasteiger partial charge in [-0.25, -0.2) is 0 Å². The standard InChI is InChI=1S/C19H19NO2.C7H8ClN.C2H6/c1-13(21)15-5-7-16(8-6-15)17-9-10-19-18(12-17)4-3-11-20(19)14(2)22;1-9-7-4-2-6(8)3-5-7;1-2/h5-10,12H,3-4,11H2,1-2H3;2-5,9H,1H3;1-2H3. The number of aryl methyl sites for hydroxylation is 1. The van der Waals surface area contributed by atoms with E-state index in [0.717, 1.165) is 52.5 Å². The van der Waals surface area contributed by atoms with Gasteiger partial charge in [-0.3, -0.25) is 9.59 Å². The molecule has 3 aromatic carbocycles. The van der Waals surface area contributed by atoms with Crippen molar-refractivity contribution in [2.24, 2.45) is 0 Å². The molecule has 0 fully saturated rings. The number of hydrogen-bond donors (Lipinski definition) is 1. The monoisotopic (exact) mass is 464 g/mol. The van der Waals surface area contributed by atoms with Crippen molar-refractivity contribution in [2.75, 3.05) is 23.8 Å². The summed E-state index contributed by atoms with van der Waals surface area (Å²) in [6.07, 6.45) is 2.00. The number of fused-ring (bicyclic) bond motifs is 1. The van der Waals surface area contributed by atoms with Crippen molar-refractivity contribution in [1.29, 1.82) is 0 Å². The van der Waals surface area contributed by atoms with Gasteiger partial charge in [0.1, 0.15) is 0 Å². The summed E-state index contributed by atoms with van der Waals surface area (Å²) < 4.78 is 0.